The Kier molecular flexibility index (Phi) is 3.61. The van der Waals surface area contributed by atoms with E-state index in [-0.39, 0.29) is 6.04 Å². The summed E-state index contributed by atoms with van der Waals surface area (Å²) in [6, 6.07) is 0.770. The highest BCUT2D eigenvalue weighted by molar-refractivity contribution is 5.27. The van der Waals surface area contributed by atoms with Gasteiger partial charge in [0.05, 0.1) is 6.04 Å². The molecule has 0 spiro atoms. The lowest BCUT2D eigenvalue weighted by atomic mass is 9.80. The van der Waals surface area contributed by atoms with E-state index in [1.165, 1.54) is 6.42 Å². The lowest BCUT2D eigenvalue weighted by Gasteiger charge is -2.26. The number of nitrogens with zero attached hydrogens (tertiary/aromatic N) is 3. The second-order valence-electron chi connectivity index (χ2n) is 6.23. The third kappa shape index (κ3) is 2.66. The van der Waals surface area contributed by atoms with E-state index >= 15 is 0 Å². The Morgan fingerprint density at radius 2 is 2.11 bits per heavy atom. The largest absolute Gasteiger partial charge is 0.406 e. The molecule has 0 amide bonds. The van der Waals surface area contributed by atoms with Crippen LogP contribution in [0, 0.1) is 11.3 Å². The lowest BCUT2D eigenvalue weighted by Crippen LogP contribution is -2.25. The summed E-state index contributed by atoms with van der Waals surface area (Å²) < 4.78 is 5.72. The van der Waals surface area contributed by atoms with E-state index in [1.54, 1.807) is 0 Å². The summed E-state index contributed by atoms with van der Waals surface area (Å²) in [4.78, 5) is 2.20. The van der Waals surface area contributed by atoms with E-state index in [4.69, 9.17) is 4.42 Å². The summed E-state index contributed by atoms with van der Waals surface area (Å²) in [6.07, 6.45) is 1.20. The van der Waals surface area contributed by atoms with Crippen LogP contribution in [0.15, 0.2) is 4.42 Å². The normalized spacial score (nSPS) is 22.5. The summed E-state index contributed by atoms with van der Waals surface area (Å²) in [6.45, 7) is 10.9. The van der Waals surface area contributed by atoms with Crippen molar-refractivity contribution in [2.75, 3.05) is 25.0 Å². The predicted octanol–water partition coefficient (Wildman–Crippen LogP) is 2.22. The van der Waals surface area contributed by atoms with Crippen LogP contribution in [0.1, 0.15) is 46.0 Å². The van der Waals surface area contributed by atoms with Gasteiger partial charge >= 0.3 is 6.01 Å². The van der Waals surface area contributed by atoms with Gasteiger partial charge in [0.25, 0.3) is 0 Å². The van der Waals surface area contributed by atoms with Gasteiger partial charge in [0, 0.05) is 13.1 Å². The second kappa shape index (κ2) is 4.88. The fourth-order valence-corrected chi connectivity index (χ4v) is 2.29. The molecule has 1 N–H and O–H groups in total. The average Bonchev–Trinajstić information content (AvgIpc) is 2.94. The Labute approximate surface area is 109 Å². The molecule has 1 aliphatic rings. The summed E-state index contributed by atoms with van der Waals surface area (Å²) in [7, 11) is 1.89. The molecule has 18 heavy (non-hydrogen) atoms. The third-order valence-electron chi connectivity index (χ3n) is 3.92. The fraction of sp³-hybridized carbons (Fsp3) is 0.846. The molecular weight excluding hydrogens is 228 g/mol. The van der Waals surface area contributed by atoms with Crippen molar-refractivity contribution in [3.05, 3.63) is 5.89 Å². The standard InChI is InChI=1S/C13H24N4O/c1-9(14-5)11-15-16-12(18-11)17-7-6-10(8-17)13(2,3)4/h9-10,14H,6-8H2,1-5H3. The van der Waals surface area contributed by atoms with Crippen LogP contribution in [-0.2, 0) is 0 Å². The van der Waals surface area contributed by atoms with Crippen LogP contribution in [-0.4, -0.2) is 30.3 Å². The van der Waals surface area contributed by atoms with Crippen molar-refractivity contribution in [1.82, 2.24) is 15.5 Å². The van der Waals surface area contributed by atoms with Gasteiger partial charge < -0.3 is 14.6 Å². The van der Waals surface area contributed by atoms with E-state index in [2.05, 4.69) is 41.2 Å². The molecule has 0 radical (unpaired) electrons. The molecule has 102 valence electrons. The second-order valence-corrected chi connectivity index (χ2v) is 6.23. The maximum absolute atomic E-state index is 5.72. The van der Waals surface area contributed by atoms with Gasteiger partial charge in [0.15, 0.2) is 0 Å². The first-order valence-electron chi connectivity index (χ1n) is 6.67. The molecule has 1 fully saturated rings. The SMILES string of the molecule is CNC(C)c1nnc(N2CCC(C(C)(C)C)C2)o1. The molecule has 1 saturated heterocycles. The lowest BCUT2D eigenvalue weighted by molar-refractivity contribution is 0.263. The molecule has 1 aromatic rings. The average molecular weight is 252 g/mol. The highest BCUT2D eigenvalue weighted by Crippen LogP contribution is 2.35. The summed E-state index contributed by atoms with van der Waals surface area (Å²) in [5.74, 6) is 1.35. The van der Waals surface area contributed by atoms with Crippen LogP contribution in [0.25, 0.3) is 0 Å². The maximum atomic E-state index is 5.72. The van der Waals surface area contributed by atoms with Crippen LogP contribution < -0.4 is 10.2 Å². The minimum absolute atomic E-state index is 0.104. The van der Waals surface area contributed by atoms with Crippen molar-refractivity contribution >= 4 is 6.01 Å². The molecular formula is C13H24N4O. The van der Waals surface area contributed by atoms with Gasteiger partial charge in [0.1, 0.15) is 0 Å². The zero-order valence-corrected chi connectivity index (χ0v) is 12.0. The molecule has 2 heterocycles. The van der Waals surface area contributed by atoms with Crippen LogP contribution in [0.4, 0.5) is 6.01 Å². The smallest absolute Gasteiger partial charge is 0.318 e. The molecule has 0 aromatic carbocycles. The van der Waals surface area contributed by atoms with Crippen molar-refractivity contribution in [2.45, 2.75) is 40.2 Å². The highest BCUT2D eigenvalue weighted by Gasteiger charge is 2.33. The summed E-state index contributed by atoms with van der Waals surface area (Å²) in [5.41, 5.74) is 0.343. The van der Waals surface area contributed by atoms with Gasteiger partial charge in [-0.05, 0) is 31.7 Å². The number of rotatable bonds is 3. The van der Waals surface area contributed by atoms with E-state index in [1.807, 2.05) is 14.0 Å². The van der Waals surface area contributed by atoms with Gasteiger partial charge in [-0.25, -0.2) is 0 Å². The highest BCUT2D eigenvalue weighted by atomic mass is 16.4. The van der Waals surface area contributed by atoms with E-state index in [0.29, 0.717) is 23.2 Å². The van der Waals surface area contributed by atoms with Crippen molar-refractivity contribution in [3.8, 4) is 0 Å². The van der Waals surface area contributed by atoms with Crippen LogP contribution in [0.5, 0.6) is 0 Å². The summed E-state index contributed by atoms with van der Waals surface area (Å²) in [5, 5.41) is 11.4. The Hall–Kier alpha value is -1.10. The van der Waals surface area contributed by atoms with E-state index in [0.717, 1.165) is 13.1 Å². The van der Waals surface area contributed by atoms with Gasteiger partial charge in [-0.1, -0.05) is 25.9 Å². The quantitative estimate of drug-likeness (QED) is 0.894. The monoisotopic (exact) mass is 252 g/mol. The van der Waals surface area contributed by atoms with Crippen LogP contribution >= 0.6 is 0 Å². The predicted molar refractivity (Wildman–Crippen MR) is 71.5 cm³/mol. The van der Waals surface area contributed by atoms with Gasteiger partial charge in [-0.3, -0.25) is 0 Å². The number of anilines is 1. The zero-order chi connectivity index (χ0) is 13.3. The van der Waals surface area contributed by atoms with Crippen molar-refractivity contribution in [2.24, 2.45) is 11.3 Å². The molecule has 0 saturated carbocycles. The van der Waals surface area contributed by atoms with Crippen molar-refractivity contribution in [3.63, 3.8) is 0 Å². The topological polar surface area (TPSA) is 54.2 Å². The number of hydrogen-bond donors (Lipinski definition) is 1. The minimum Gasteiger partial charge on any atom is -0.406 e. The molecule has 1 aromatic heterocycles. The first-order valence-corrected chi connectivity index (χ1v) is 6.67. The Morgan fingerprint density at radius 1 is 1.39 bits per heavy atom. The Bertz CT molecular complexity index is 396. The van der Waals surface area contributed by atoms with Crippen molar-refractivity contribution < 1.29 is 4.42 Å². The summed E-state index contributed by atoms with van der Waals surface area (Å²) >= 11 is 0. The van der Waals surface area contributed by atoms with Crippen LogP contribution in [0.2, 0.25) is 0 Å². The number of hydrogen-bond acceptors (Lipinski definition) is 5. The molecule has 2 rings (SSSR count). The minimum atomic E-state index is 0.104. The molecule has 5 heteroatoms. The van der Waals surface area contributed by atoms with Gasteiger partial charge in [0.2, 0.25) is 5.89 Å². The Morgan fingerprint density at radius 3 is 2.67 bits per heavy atom. The molecule has 0 aliphatic carbocycles. The van der Waals surface area contributed by atoms with Crippen molar-refractivity contribution in [1.29, 1.82) is 0 Å². The Balaban J connectivity index is 2.04. The fourth-order valence-electron chi connectivity index (χ4n) is 2.29. The molecule has 5 nitrogen and oxygen atoms in total. The van der Waals surface area contributed by atoms with Gasteiger partial charge in [-0.15, -0.1) is 5.10 Å². The first-order chi connectivity index (χ1) is 8.41. The number of nitrogens with one attached hydrogen (secondary N) is 1. The molecule has 2 unspecified atom stereocenters. The number of aromatic nitrogens is 2. The van der Waals surface area contributed by atoms with E-state index < -0.39 is 0 Å². The molecule has 0 bridgehead atoms. The van der Waals surface area contributed by atoms with Crippen LogP contribution in [0.3, 0.4) is 0 Å². The first kappa shape index (κ1) is 13.3. The zero-order valence-electron chi connectivity index (χ0n) is 12.0. The molecule has 1 aliphatic heterocycles. The third-order valence-corrected chi connectivity index (χ3v) is 3.92. The van der Waals surface area contributed by atoms with Gasteiger partial charge in [-0.2, -0.15) is 0 Å². The molecule has 2 atom stereocenters. The maximum Gasteiger partial charge on any atom is 0.318 e. The van der Waals surface area contributed by atoms with E-state index in [9.17, 15) is 0 Å².